The van der Waals surface area contributed by atoms with Gasteiger partial charge in [-0.2, -0.15) is 13.2 Å². The molecule has 0 N–H and O–H groups in total. The average Bonchev–Trinajstić information content (AvgIpc) is 2.02. The summed E-state index contributed by atoms with van der Waals surface area (Å²) in [6.45, 7) is 0. The Morgan fingerprint density at radius 3 is 2.07 bits per heavy atom. The minimum Gasteiger partial charge on any atom is -0.207 e. The van der Waals surface area contributed by atoms with Crippen molar-refractivity contribution in [2.45, 2.75) is 10.4 Å². The second-order valence-electron chi connectivity index (χ2n) is 2.37. The number of rotatable bonds is 1. The summed E-state index contributed by atoms with van der Waals surface area (Å²) < 4.78 is 73.1. The van der Waals surface area contributed by atoms with Gasteiger partial charge in [-0.1, -0.05) is 6.07 Å². The number of halogens is 6. The zero-order valence-corrected chi connectivity index (χ0v) is 7.30. The van der Waals surface area contributed by atoms with Crippen LogP contribution >= 0.6 is 10.8 Å². The molecule has 0 saturated carbocycles. The Kier molecular flexibility index (Phi) is 2.71. The lowest BCUT2D eigenvalue weighted by Gasteiger charge is -2.23. The smallest absolute Gasteiger partial charge is 0.207 e. The van der Waals surface area contributed by atoms with E-state index in [1.807, 2.05) is 0 Å². The molecule has 7 heteroatoms. The van der Waals surface area contributed by atoms with Crippen molar-refractivity contribution in [1.29, 1.82) is 0 Å². The Labute approximate surface area is 77.4 Å². The lowest BCUT2D eigenvalue weighted by Crippen LogP contribution is -2.12. The molecule has 0 saturated heterocycles. The van der Waals surface area contributed by atoms with Crippen molar-refractivity contribution >= 4 is 10.8 Å². The van der Waals surface area contributed by atoms with Crippen molar-refractivity contribution < 1.29 is 25.3 Å². The van der Waals surface area contributed by atoms with Crippen molar-refractivity contribution in [2.75, 3.05) is 0 Å². The Morgan fingerprint density at radius 1 is 1.07 bits per heavy atom. The maximum Gasteiger partial charge on any atom is 0.482 e. The summed E-state index contributed by atoms with van der Waals surface area (Å²) in [5.41, 5.74) is -5.62. The van der Waals surface area contributed by atoms with Gasteiger partial charge in [-0.15, -0.1) is 7.77 Å². The Bertz CT molecular complexity index is 331. The summed E-state index contributed by atoms with van der Waals surface area (Å²) >= 11 is 0. The van der Waals surface area contributed by atoms with Crippen LogP contribution in [0.5, 0.6) is 0 Å². The van der Waals surface area contributed by atoms with E-state index >= 15 is 0 Å². The zero-order valence-electron chi connectivity index (χ0n) is 6.49. The van der Waals surface area contributed by atoms with Crippen LogP contribution < -0.4 is 0 Å². The van der Waals surface area contributed by atoms with E-state index in [-0.39, 0.29) is 6.07 Å². The zero-order chi connectivity index (χ0) is 11.0. The van der Waals surface area contributed by atoms with E-state index in [4.69, 9.17) is 0 Å². The van der Waals surface area contributed by atoms with Crippen molar-refractivity contribution in [3.8, 4) is 0 Å². The summed E-state index contributed by atoms with van der Waals surface area (Å²) in [5.74, 6) is -1.11. The summed E-state index contributed by atoms with van der Waals surface area (Å²) in [6.07, 6.45) is 0. The normalized spacial score (nSPS) is 14.1. The monoisotopic (exact) mass is 234 g/mol. The molecule has 1 aromatic rings. The van der Waals surface area contributed by atoms with E-state index in [0.29, 0.717) is 6.07 Å². The van der Waals surface area contributed by atoms with Gasteiger partial charge in [-0.3, -0.25) is 0 Å². The molecule has 0 spiro atoms. The Hall–Kier alpha value is -0.850. The number of alkyl halides is 3. The van der Waals surface area contributed by atoms with Crippen LogP contribution in [0.2, 0.25) is 0 Å². The second kappa shape index (κ2) is 3.38. The first-order valence-corrected chi connectivity index (χ1v) is 4.73. The number of benzene rings is 1. The quantitative estimate of drug-likeness (QED) is 0.636. The van der Waals surface area contributed by atoms with Crippen LogP contribution in [0.15, 0.2) is 29.2 Å². The fraction of sp³-hybridized carbons (Fsp3) is 0.143. The molecule has 0 atom stereocenters. The standard InChI is InChI=1S/C7H4F6S/c8-5-2-1-3-6(4-5)14(12,13)7(9,10)11/h1-4H. The summed E-state index contributed by atoms with van der Waals surface area (Å²) in [7, 11) is -5.94. The summed E-state index contributed by atoms with van der Waals surface area (Å²) in [6, 6.07) is 2.38. The molecular weight excluding hydrogens is 230 g/mol. The van der Waals surface area contributed by atoms with Crippen molar-refractivity contribution in [3.63, 3.8) is 0 Å². The Morgan fingerprint density at radius 2 is 1.64 bits per heavy atom. The first kappa shape index (κ1) is 11.2. The largest absolute Gasteiger partial charge is 0.482 e. The van der Waals surface area contributed by atoms with Gasteiger partial charge in [-0.25, -0.2) is 4.39 Å². The SMILES string of the molecule is Fc1cccc(S(F)(F)C(F)(F)F)c1. The lowest BCUT2D eigenvalue weighted by molar-refractivity contribution is -0.0463. The highest BCUT2D eigenvalue weighted by atomic mass is 32.3. The molecule has 0 fully saturated rings. The molecule has 0 amide bonds. The topological polar surface area (TPSA) is 0 Å². The molecule has 0 unspecified atom stereocenters. The number of hydrogen-bond donors (Lipinski definition) is 0. The van der Waals surface area contributed by atoms with Crippen LogP contribution in [0.3, 0.4) is 0 Å². The van der Waals surface area contributed by atoms with Gasteiger partial charge in [0, 0.05) is 0 Å². The van der Waals surface area contributed by atoms with Gasteiger partial charge >= 0.3 is 5.51 Å². The molecule has 0 heterocycles. The van der Waals surface area contributed by atoms with E-state index in [2.05, 4.69) is 0 Å². The minimum absolute atomic E-state index is 0.197. The third-order valence-electron chi connectivity index (χ3n) is 1.38. The fourth-order valence-electron chi connectivity index (χ4n) is 0.760. The van der Waals surface area contributed by atoms with E-state index < -0.39 is 27.0 Å². The van der Waals surface area contributed by atoms with Gasteiger partial charge in [0.25, 0.3) is 0 Å². The molecular formula is C7H4F6S. The molecule has 80 valence electrons. The Balaban J connectivity index is 3.16. The minimum atomic E-state index is -5.94. The molecule has 1 rings (SSSR count). The maximum atomic E-state index is 12.6. The molecule has 0 aliphatic rings. The maximum absolute atomic E-state index is 12.6. The van der Waals surface area contributed by atoms with E-state index in [9.17, 15) is 25.3 Å². The van der Waals surface area contributed by atoms with Crippen LogP contribution in [0.4, 0.5) is 25.3 Å². The van der Waals surface area contributed by atoms with Crippen molar-refractivity contribution in [3.05, 3.63) is 30.1 Å². The van der Waals surface area contributed by atoms with Gasteiger partial charge in [0.05, 0.1) is 4.90 Å². The molecule has 1 aromatic carbocycles. The molecule has 0 aliphatic carbocycles. The van der Waals surface area contributed by atoms with Crippen LogP contribution in [0, 0.1) is 5.82 Å². The lowest BCUT2D eigenvalue weighted by atomic mass is 10.4. The van der Waals surface area contributed by atoms with Crippen molar-refractivity contribution in [1.82, 2.24) is 0 Å². The fourth-order valence-corrected chi connectivity index (χ4v) is 1.54. The average molecular weight is 234 g/mol. The third kappa shape index (κ3) is 1.97. The highest BCUT2D eigenvalue weighted by molar-refractivity contribution is 8.26. The van der Waals surface area contributed by atoms with Crippen LogP contribution in [0.25, 0.3) is 0 Å². The predicted octanol–water partition coefficient (Wildman–Crippen LogP) is 4.28. The molecule has 0 nitrogen and oxygen atoms in total. The summed E-state index contributed by atoms with van der Waals surface area (Å²) in [4.78, 5) is -1.31. The number of hydrogen-bond acceptors (Lipinski definition) is 0. The van der Waals surface area contributed by atoms with Gasteiger partial charge in [0.15, 0.2) is 10.8 Å². The summed E-state index contributed by atoms with van der Waals surface area (Å²) in [5, 5.41) is 0. The van der Waals surface area contributed by atoms with E-state index in [0.717, 1.165) is 12.1 Å². The first-order chi connectivity index (χ1) is 6.25. The molecule has 0 radical (unpaired) electrons. The van der Waals surface area contributed by atoms with E-state index in [1.165, 1.54) is 0 Å². The third-order valence-corrected chi connectivity index (χ3v) is 2.81. The van der Waals surface area contributed by atoms with Crippen LogP contribution in [0.1, 0.15) is 0 Å². The molecule has 0 aliphatic heterocycles. The van der Waals surface area contributed by atoms with Gasteiger partial charge in [-0.05, 0) is 18.2 Å². The highest BCUT2D eigenvalue weighted by Crippen LogP contribution is 2.70. The van der Waals surface area contributed by atoms with Crippen molar-refractivity contribution in [2.24, 2.45) is 0 Å². The predicted molar refractivity (Wildman–Crippen MR) is 40.5 cm³/mol. The highest BCUT2D eigenvalue weighted by Gasteiger charge is 2.54. The van der Waals surface area contributed by atoms with E-state index in [1.54, 1.807) is 0 Å². The van der Waals surface area contributed by atoms with Crippen LogP contribution in [-0.4, -0.2) is 5.51 Å². The van der Waals surface area contributed by atoms with Crippen LogP contribution in [-0.2, 0) is 0 Å². The molecule has 0 aromatic heterocycles. The first-order valence-electron chi connectivity index (χ1n) is 3.29. The molecule has 0 bridgehead atoms. The molecule has 14 heavy (non-hydrogen) atoms. The van der Waals surface area contributed by atoms with Gasteiger partial charge in [0.2, 0.25) is 0 Å². The van der Waals surface area contributed by atoms with Gasteiger partial charge in [0.1, 0.15) is 5.82 Å². The second-order valence-corrected chi connectivity index (χ2v) is 4.24. The van der Waals surface area contributed by atoms with Gasteiger partial charge < -0.3 is 0 Å².